The van der Waals surface area contributed by atoms with Crippen LogP contribution in [0.1, 0.15) is 0 Å². The Morgan fingerprint density at radius 1 is 1.00 bits per heavy atom. The van der Waals surface area contributed by atoms with Crippen LogP contribution in [0.3, 0.4) is 0 Å². The van der Waals surface area contributed by atoms with E-state index in [1.165, 1.54) is 12.1 Å². The Morgan fingerprint density at radius 3 is 2.47 bits per heavy atom. The number of halogens is 1. The maximum atomic E-state index is 12.8. The van der Waals surface area contributed by atoms with E-state index in [0.29, 0.717) is 17.4 Å². The van der Waals surface area contributed by atoms with Crippen LogP contribution in [0.5, 0.6) is 0 Å². The molecule has 3 aromatic rings. The van der Waals surface area contributed by atoms with Crippen molar-refractivity contribution in [2.75, 3.05) is 5.32 Å². The van der Waals surface area contributed by atoms with E-state index in [0.717, 1.165) is 0 Å². The van der Waals surface area contributed by atoms with E-state index in [-0.39, 0.29) is 11.8 Å². The summed E-state index contributed by atoms with van der Waals surface area (Å²) in [6, 6.07) is 7.64. The van der Waals surface area contributed by atoms with Gasteiger partial charge in [-0.05, 0) is 30.3 Å². The molecule has 2 heterocycles. The van der Waals surface area contributed by atoms with Crippen LogP contribution in [-0.2, 0) is 0 Å². The highest BCUT2D eigenvalue weighted by atomic mass is 19.1. The lowest BCUT2D eigenvalue weighted by Gasteiger charge is -1.97. The molecule has 0 aliphatic rings. The highest BCUT2D eigenvalue weighted by Crippen LogP contribution is 2.20. The van der Waals surface area contributed by atoms with Gasteiger partial charge in [-0.15, -0.1) is 5.10 Å². The Bertz CT molecular complexity index is 668. The maximum absolute atomic E-state index is 12.8. The van der Waals surface area contributed by atoms with Gasteiger partial charge >= 0.3 is 6.01 Å². The summed E-state index contributed by atoms with van der Waals surface area (Å²) in [6.07, 6.45) is 3.18. The average Bonchev–Trinajstić information content (AvgIpc) is 2.89. The Labute approximate surface area is 107 Å². The number of hydrogen-bond donors (Lipinski definition) is 1. The standard InChI is InChI=1S/C12H8FN5O/c13-9-4-2-8(3-5-9)10-17-18-12(19-10)16-11-14-6-1-7-15-11/h1-7H,(H,14,15,16,18). The number of nitrogens with zero attached hydrogens (tertiary/aromatic N) is 4. The lowest BCUT2D eigenvalue weighted by Crippen LogP contribution is -1.95. The predicted molar refractivity (Wildman–Crippen MR) is 65.0 cm³/mol. The minimum atomic E-state index is -0.320. The molecule has 0 aliphatic heterocycles. The summed E-state index contributed by atoms with van der Waals surface area (Å²) in [6.45, 7) is 0. The monoisotopic (exact) mass is 257 g/mol. The van der Waals surface area contributed by atoms with Crippen molar-refractivity contribution in [1.29, 1.82) is 0 Å². The van der Waals surface area contributed by atoms with Gasteiger partial charge in [0.1, 0.15) is 5.82 Å². The lowest BCUT2D eigenvalue weighted by molar-refractivity contribution is 0.586. The van der Waals surface area contributed by atoms with Crippen molar-refractivity contribution in [2.24, 2.45) is 0 Å². The van der Waals surface area contributed by atoms with Crippen LogP contribution in [0.15, 0.2) is 47.1 Å². The Morgan fingerprint density at radius 2 is 1.74 bits per heavy atom. The number of nitrogens with one attached hydrogen (secondary N) is 1. The van der Waals surface area contributed by atoms with E-state index in [1.807, 2.05) is 0 Å². The van der Waals surface area contributed by atoms with Crippen LogP contribution < -0.4 is 5.32 Å². The van der Waals surface area contributed by atoms with Gasteiger partial charge in [0.15, 0.2) is 0 Å². The molecule has 3 rings (SSSR count). The highest BCUT2D eigenvalue weighted by Gasteiger charge is 2.09. The zero-order chi connectivity index (χ0) is 13.1. The molecule has 0 unspecified atom stereocenters. The van der Waals surface area contributed by atoms with Crippen molar-refractivity contribution in [3.8, 4) is 11.5 Å². The van der Waals surface area contributed by atoms with Crippen molar-refractivity contribution in [3.05, 3.63) is 48.5 Å². The third-order valence-electron chi connectivity index (χ3n) is 2.30. The highest BCUT2D eigenvalue weighted by molar-refractivity contribution is 5.53. The van der Waals surface area contributed by atoms with Gasteiger partial charge < -0.3 is 4.42 Å². The molecule has 0 aliphatic carbocycles. The quantitative estimate of drug-likeness (QED) is 0.776. The van der Waals surface area contributed by atoms with Gasteiger partial charge in [-0.2, -0.15) is 0 Å². The van der Waals surface area contributed by atoms with Gasteiger partial charge in [0.05, 0.1) is 0 Å². The van der Waals surface area contributed by atoms with E-state index >= 15 is 0 Å². The minimum absolute atomic E-state index is 0.172. The van der Waals surface area contributed by atoms with Crippen LogP contribution in [0.25, 0.3) is 11.5 Å². The molecule has 1 aromatic carbocycles. The fraction of sp³-hybridized carbons (Fsp3) is 0. The van der Waals surface area contributed by atoms with Crippen LogP contribution in [0.4, 0.5) is 16.4 Å². The molecule has 2 aromatic heterocycles. The van der Waals surface area contributed by atoms with Gasteiger partial charge in [0, 0.05) is 18.0 Å². The first-order valence-electron chi connectivity index (χ1n) is 5.45. The molecule has 1 N–H and O–H groups in total. The van der Waals surface area contributed by atoms with Crippen molar-refractivity contribution in [2.45, 2.75) is 0 Å². The molecular formula is C12H8FN5O. The van der Waals surface area contributed by atoms with E-state index < -0.39 is 0 Å². The number of aromatic nitrogens is 4. The fourth-order valence-corrected chi connectivity index (χ4v) is 1.44. The molecule has 94 valence electrons. The third kappa shape index (κ3) is 2.54. The average molecular weight is 257 g/mol. The summed E-state index contributed by atoms with van der Waals surface area (Å²) in [5.41, 5.74) is 0.635. The minimum Gasteiger partial charge on any atom is -0.403 e. The van der Waals surface area contributed by atoms with Crippen LogP contribution in [0.2, 0.25) is 0 Å². The molecule has 0 radical (unpaired) electrons. The molecule has 0 atom stereocenters. The van der Waals surface area contributed by atoms with Gasteiger partial charge in [0.2, 0.25) is 11.8 Å². The van der Waals surface area contributed by atoms with Crippen LogP contribution >= 0.6 is 0 Å². The first kappa shape index (κ1) is 11.3. The molecular weight excluding hydrogens is 249 g/mol. The number of benzene rings is 1. The van der Waals surface area contributed by atoms with Crippen LogP contribution in [0, 0.1) is 5.82 Å². The molecule has 7 heteroatoms. The molecule has 0 fully saturated rings. The molecule has 0 saturated heterocycles. The topological polar surface area (TPSA) is 76.7 Å². The zero-order valence-corrected chi connectivity index (χ0v) is 9.62. The molecule has 0 saturated carbocycles. The summed E-state index contributed by atoms with van der Waals surface area (Å²) in [7, 11) is 0. The zero-order valence-electron chi connectivity index (χ0n) is 9.62. The normalized spacial score (nSPS) is 10.4. The van der Waals surface area contributed by atoms with Gasteiger partial charge in [-0.25, -0.2) is 14.4 Å². The second-order valence-corrected chi connectivity index (χ2v) is 3.62. The Balaban J connectivity index is 1.82. The molecule has 6 nitrogen and oxygen atoms in total. The van der Waals surface area contributed by atoms with Gasteiger partial charge in [-0.1, -0.05) is 5.10 Å². The number of rotatable bonds is 3. The van der Waals surface area contributed by atoms with Crippen molar-refractivity contribution in [1.82, 2.24) is 20.2 Å². The largest absolute Gasteiger partial charge is 0.403 e. The Kier molecular flexibility index (Phi) is 2.85. The Hall–Kier alpha value is -2.83. The number of hydrogen-bond acceptors (Lipinski definition) is 6. The molecule has 19 heavy (non-hydrogen) atoms. The van der Waals surface area contributed by atoms with E-state index in [4.69, 9.17) is 4.42 Å². The fourth-order valence-electron chi connectivity index (χ4n) is 1.44. The predicted octanol–water partition coefficient (Wildman–Crippen LogP) is 2.41. The summed E-state index contributed by atoms with van der Waals surface area (Å²) in [4.78, 5) is 7.94. The summed E-state index contributed by atoms with van der Waals surface area (Å²) in [5.74, 6) is 0.328. The second-order valence-electron chi connectivity index (χ2n) is 3.62. The first-order valence-corrected chi connectivity index (χ1v) is 5.45. The van der Waals surface area contributed by atoms with Gasteiger partial charge in [0.25, 0.3) is 0 Å². The van der Waals surface area contributed by atoms with E-state index in [2.05, 4.69) is 25.5 Å². The van der Waals surface area contributed by atoms with Crippen molar-refractivity contribution in [3.63, 3.8) is 0 Å². The molecule has 0 amide bonds. The SMILES string of the molecule is Fc1ccc(-c2nnc(Nc3ncccn3)o2)cc1. The van der Waals surface area contributed by atoms with E-state index in [1.54, 1.807) is 30.6 Å². The maximum Gasteiger partial charge on any atom is 0.322 e. The van der Waals surface area contributed by atoms with Crippen molar-refractivity contribution >= 4 is 12.0 Å². The van der Waals surface area contributed by atoms with Crippen LogP contribution in [-0.4, -0.2) is 20.2 Å². The summed E-state index contributed by atoms with van der Waals surface area (Å²) < 4.78 is 18.2. The molecule has 0 bridgehead atoms. The third-order valence-corrected chi connectivity index (χ3v) is 2.30. The number of anilines is 2. The van der Waals surface area contributed by atoms with Crippen molar-refractivity contribution < 1.29 is 8.81 Å². The summed E-state index contributed by atoms with van der Waals surface area (Å²) in [5, 5.41) is 10.4. The first-order chi connectivity index (χ1) is 9.31. The lowest BCUT2D eigenvalue weighted by atomic mass is 10.2. The second kappa shape index (κ2) is 4.81. The van der Waals surface area contributed by atoms with Gasteiger partial charge in [-0.3, -0.25) is 5.32 Å². The van der Waals surface area contributed by atoms with E-state index in [9.17, 15) is 4.39 Å². The molecule has 0 spiro atoms. The smallest absolute Gasteiger partial charge is 0.322 e. The summed E-state index contributed by atoms with van der Waals surface area (Å²) >= 11 is 0.